The Balaban J connectivity index is 1.85. The summed E-state index contributed by atoms with van der Waals surface area (Å²) in [7, 11) is 0. The number of Topliss-reactive ketones (excluding diaryl/α,β-unsaturated/α-hetero) is 1. The van der Waals surface area contributed by atoms with Crippen molar-refractivity contribution in [2.75, 3.05) is 0 Å². The van der Waals surface area contributed by atoms with E-state index in [-0.39, 0.29) is 0 Å². The molecule has 1 aliphatic carbocycles. The zero-order chi connectivity index (χ0) is 11.2. The number of allylic oxidation sites excluding steroid dienone is 2. The maximum atomic E-state index is 12.0. The van der Waals surface area contributed by atoms with E-state index in [1.807, 2.05) is 0 Å². The molecule has 0 unspecified atom stereocenters. The van der Waals surface area contributed by atoms with Crippen molar-refractivity contribution >= 4 is 17.1 Å². The molecule has 1 aliphatic rings. The quantitative estimate of drug-likeness (QED) is 0.765. The SMILES string of the molecule is O=C(CCc1ccsc1)C1=CCCCCC1. The molecule has 0 amide bonds. The lowest BCUT2D eigenvalue weighted by atomic mass is 10.0. The predicted octanol–water partition coefficient (Wildman–Crippen LogP) is 4.14. The van der Waals surface area contributed by atoms with Crippen LogP contribution in [0.4, 0.5) is 0 Å². The molecule has 0 aromatic carbocycles. The standard InChI is InChI=1S/C14H18OS/c15-14(8-7-12-9-10-16-11-12)13-5-3-1-2-4-6-13/h5,9-11H,1-4,6-8H2. The molecule has 0 saturated heterocycles. The lowest BCUT2D eigenvalue weighted by Crippen LogP contribution is -2.03. The number of thiophene rings is 1. The second-order valence-electron chi connectivity index (χ2n) is 4.38. The van der Waals surface area contributed by atoms with Crippen LogP contribution in [0.2, 0.25) is 0 Å². The van der Waals surface area contributed by atoms with Crippen LogP contribution in [-0.2, 0) is 11.2 Å². The normalized spacial score (nSPS) is 16.6. The molecule has 86 valence electrons. The monoisotopic (exact) mass is 234 g/mol. The molecule has 0 N–H and O–H groups in total. The number of hydrogen-bond acceptors (Lipinski definition) is 2. The smallest absolute Gasteiger partial charge is 0.158 e. The molecule has 1 aromatic heterocycles. The van der Waals surface area contributed by atoms with Crippen molar-refractivity contribution in [2.45, 2.75) is 44.9 Å². The number of hydrogen-bond donors (Lipinski definition) is 0. The number of rotatable bonds is 4. The fourth-order valence-electron chi connectivity index (χ4n) is 2.12. The molecule has 0 atom stereocenters. The summed E-state index contributed by atoms with van der Waals surface area (Å²) in [4.78, 5) is 12.0. The zero-order valence-corrected chi connectivity index (χ0v) is 10.4. The molecule has 0 radical (unpaired) electrons. The minimum absolute atomic E-state index is 0.369. The van der Waals surface area contributed by atoms with Crippen molar-refractivity contribution in [3.8, 4) is 0 Å². The third-order valence-electron chi connectivity index (χ3n) is 3.12. The molecule has 0 saturated carbocycles. The number of ketones is 1. The van der Waals surface area contributed by atoms with Crippen LogP contribution in [0.3, 0.4) is 0 Å². The van der Waals surface area contributed by atoms with Gasteiger partial charge in [0.25, 0.3) is 0 Å². The molecule has 1 nitrogen and oxygen atoms in total. The number of carbonyl (C=O) groups is 1. The fourth-order valence-corrected chi connectivity index (χ4v) is 2.82. The highest BCUT2D eigenvalue weighted by molar-refractivity contribution is 7.07. The van der Waals surface area contributed by atoms with Gasteiger partial charge in [-0.25, -0.2) is 0 Å². The predicted molar refractivity (Wildman–Crippen MR) is 68.8 cm³/mol. The van der Waals surface area contributed by atoms with Gasteiger partial charge in [0, 0.05) is 6.42 Å². The van der Waals surface area contributed by atoms with E-state index in [1.165, 1.54) is 24.8 Å². The lowest BCUT2D eigenvalue weighted by molar-refractivity contribution is -0.115. The van der Waals surface area contributed by atoms with E-state index in [0.717, 1.165) is 24.8 Å². The Labute approximate surface area is 101 Å². The second-order valence-corrected chi connectivity index (χ2v) is 5.16. The Morgan fingerprint density at radius 2 is 2.25 bits per heavy atom. The van der Waals surface area contributed by atoms with E-state index in [9.17, 15) is 4.79 Å². The summed E-state index contributed by atoms with van der Waals surface area (Å²) >= 11 is 1.70. The molecule has 0 fully saturated rings. The fraction of sp³-hybridized carbons (Fsp3) is 0.500. The maximum absolute atomic E-state index is 12.0. The largest absolute Gasteiger partial charge is 0.295 e. The highest BCUT2D eigenvalue weighted by Gasteiger charge is 2.11. The third kappa shape index (κ3) is 3.31. The van der Waals surface area contributed by atoms with Gasteiger partial charge in [-0.15, -0.1) is 0 Å². The minimum Gasteiger partial charge on any atom is -0.295 e. The summed E-state index contributed by atoms with van der Waals surface area (Å²) in [5.74, 6) is 0.369. The van der Waals surface area contributed by atoms with Crippen LogP contribution in [0.5, 0.6) is 0 Å². The van der Waals surface area contributed by atoms with Gasteiger partial charge in [-0.1, -0.05) is 12.5 Å². The Bertz CT molecular complexity index is 362. The number of aryl methyl sites for hydroxylation is 1. The van der Waals surface area contributed by atoms with E-state index in [4.69, 9.17) is 0 Å². The second kappa shape index (κ2) is 6.00. The van der Waals surface area contributed by atoms with Crippen molar-refractivity contribution in [2.24, 2.45) is 0 Å². The van der Waals surface area contributed by atoms with Crippen LogP contribution < -0.4 is 0 Å². The first-order valence-electron chi connectivity index (χ1n) is 6.09. The van der Waals surface area contributed by atoms with Gasteiger partial charge in [0.15, 0.2) is 5.78 Å². The van der Waals surface area contributed by atoms with Crippen LogP contribution in [0, 0.1) is 0 Å². The van der Waals surface area contributed by atoms with Crippen molar-refractivity contribution in [3.05, 3.63) is 34.0 Å². The van der Waals surface area contributed by atoms with E-state index >= 15 is 0 Å². The summed E-state index contributed by atoms with van der Waals surface area (Å²) in [6, 6.07) is 2.11. The minimum atomic E-state index is 0.369. The molecular weight excluding hydrogens is 216 g/mol. The average molecular weight is 234 g/mol. The van der Waals surface area contributed by atoms with Crippen LogP contribution in [0.15, 0.2) is 28.5 Å². The van der Waals surface area contributed by atoms with Crippen molar-refractivity contribution in [1.82, 2.24) is 0 Å². The first kappa shape index (κ1) is 11.6. The van der Waals surface area contributed by atoms with Crippen LogP contribution >= 0.6 is 11.3 Å². The van der Waals surface area contributed by atoms with Crippen LogP contribution in [0.25, 0.3) is 0 Å². The van der Waals surface area contributed by atoms with Gasteiger partial charge in [-0.3, -0.25) is 4.79 Å². The summed E-state index contributed by atoms with van der Waals surface area (Å²) in [6.45, 7) is 0. The van der Waals surface area contributed by atoms with Gasteiger partial charge < -0.3 is 0 Å². The van der Waals surface area contributed by atoms with E-state index in [1.54, 1.807) is 11.3 Å². The van der Waals surface area contributed by atoms with Gasteiger partial charge in [0.1, 0.15) is 0 Å². The van der Waals surface area contributed by atoms with Crippen LogP contribution in [0.1, 0.15) is 44.1 Å². The topological polar surface area (TPSA) is 17.1 Å². The molecule has 16 heavy (non-hydrogen) atoms. The molecule has 0 aliphatic heterocycles. The number of carbonyl (C=O) groups excluding carboxylic acids is 1. The third-order valence-corrected chi connectivity index (χ3v) is 3.85. The van der Waals surface area contributed by atoms with Gasteiger partial charge >= 0.3 is 0 Å². The van der Waals surface area contributed by atoms with Crippen molar-refractivity contribution in [1.29, 1.82) is 0 Å². The van der Waals surface area contributed by atoms with E-state index < -0.39 is 0 Å². The van der Waals surface area contributed by atoms with E-state index in [2.05, 4.69) is 22.9 Å². The summed E-state index contributed by atoms with van der Waals surface area (Å²) in [5.41, 5.74) is 2.39. The molecule has 1 heterocycles. The molecule has 0 bridgehead atoms. The summed E-state index contributed by atoms with van der Waals surface area (Å²) < 4.78 is 0. The average Bonchev–Trinajstić information content (AvgIpc) is 2.66. The van der Waals surface area contributed by atoms with Crippen LogP contribution in [-0.4, -0.2) is 5.78 Å². The Kier molecular flexibility index (Phi) is 4.34. The highest BCUT2D eigenvalue weighted by Crippen LogP contribution is 2.19. The molecule has 0 spiro atoms. The van der Waals surface area contributed by atoms with Gasteiger partial charge in [0.05, 0.1) is 0 Å². The first-order valence-corrected chi connectivity index (χ1v) is 7.04. The van der Waals surface area contributed by atoms with Gasteiger partial charge in [0.2, 0.25) is 0 Å². The van der Waals surface area contributed by atoms with Gasteiger partial charge in [-0.2, -0.15) is 11.3 Å². The summed E-state index contributed by atoms with van der Waals surface area (Å²) in [6.07, 6.45) is 9.57. The van der Waals surface area contributed by atoms with Crippen molar-refractivity contribution < 1.29 is 4.79 Å². The first-order chi connectivity index (χ1) is 7.86. The van der Waals surface area contributed by atoms with Gasteiger partial charge in [-0.05, 0) is 60.1 Å². The summed E-state index contributed by atoms with van der Waals surface area (Å²) in [5, 5.41) is 4.21. The highest BCUT2D eigenvalue weighted by atomic mass is 32.1. The molecule has 2 rings (SSSR count). The molecule has 1 aromatic rings. The Hall–Kier alpha value is -0.890. The Morgan fingerprint density at radius 3 is 3.06 bits per heavy atom. The lowest BCUT2D eigenvalue weighted by Gasteiger charge is -2.03. The van der Waals surface area contributed by atoms with Crippen molar-refractivity contribution in [3.63, 3.8) is 0 Å². The van der Waals surface area contributed by atoms with E-state index in [0.29, 0.717) is 12.2 Å². The maximum Gasteiger partial charge on any atom is 0.158 e. The zero-order valence-electron chi connectivity index (χ0n) is 9.58. The Morgan fingerprint density at radius 1 is 1.31 bits per heavy atom. The molecular formula is C14H18OS. The molecule has 2 heteroatoms.